The van der Waals surface area contributed by atoms with Crippen molar-refractivity contribution in [3.8, 4) is 10.7 Å². The van der Waals surface area contributed by atoms with Gasteiger partial charge in [0.25, 0.3) is 0 Å². The van der Waals surface area contributed by atoms with Crippen LogP contribution in [0, 0.1) is 0 Å². The van der Waals surface area contributed by atoms with E-state index in [1.165, 1.54) is 0 Å². The van der Waals surface area contributed by atoms with Gasteiger partial charge in [0.2, 0.25) is 0 Å². The van der Waals surface area contributed by atoms with Gasteiger partial charge in [-0.05, 0) is 34.1 Å². The average Bonchev–Trinajstić information content (AvgIpc) is 2.65. The van der Waals surface area contributed by atoms with Crippen LogP contribution in [0.3, 0.4) is 0 Å². The Hall–Kier alpha value is -0.780. The highest BCUT2D eigenvalue weighted by Crippen LogP contribution is 2.28. The van der Waals surface area contributed by atoms with Crippen molar-refractivity contribution in [1.29, 1.82) is 0 Å². The summed E-state index contributed by atoms with van der Waals surface area (Å²) in [5.74, 6) is 0.739. The summed E-state index contributed by atoms with van der Waals surface area (Å²) in [5, 5.41) is 0. The number of nitrogens with zero attached hydrogens (tertiary/aromatic N) is 2. The predicted octanol–water partition coefficient (Wildman–Crippen LogP) is 2.43. The van der Waals surface area contributed by atoms with Gasteiger partial charge in [-0.1, -0.05) is 0 Å². The van der Waals surface area contributed by atoms with Gasteiger partial charge in [0, 0.05) is 12.7 Å². The van der Waals surface area contributed by atoms with Gasteiger partial charge in [-0.3, -0.25) is 0 Å². The molecule has 0 amide bonds. The first-order chi connectivity index (χ1) is 6.79. The summed E-state index contributed by atoms with van der Waals surface area (Å²) >= 11 is 5.01. The van der Waals surface area contributed by atoms with Gasteiger partial charge in [0.05, 0.1) is 14.4 Å². The number of nitrogens with two attached hydrogens (primary N) is 1. The van der Waals surface area contributed by atoms with Crippen molar-refractivity contribution < 1.29 is 0 Å². The topological polar surface area (TPSA) is 51.8 Å². The summed E-state index contributed by atoms with van der Waals surface area (Å²) in [7, 11) is 0. The summed E-state index contributed by atoms with van der Waals surface area (Å²) in [6.45, 7) is 0.446. The van der Waals surface area contributed by atoms with Crippen molar-refractivity contribution >= 4 is 27.3 Å². The molecule has 2 aromatic heterocycles. The van der Waals surface area contributed by atoms with Gasteiger partial charge >= 0.3 is 0 Å². The largest absolute Gasteiger partial charge is 0.325 e. The second-order valence-electron chi connectivity index (χ2n) is 2.68. The van der Waals surface area contributed by atoms with Crippen molar-refractivity contribution in [3.63, 3.8) is 0 Å². The van der Waals surface area contributed by atoms with E-state index in [0.29, 0.717) is 6.54 Å². The maximum absolute atomic E-state index is 5.51. The van der Waals surface area contributed by atoms with Crippen molar-refractivity contribution in [3.05, 3.63) is 33.9 Å². The molecule has 2 N–H and O–H groups in total. The van der Waals surface area contributed by atoms with E-state index in [0.717, 1.165) is 20.2 Å². The van der Waals surface area contributed by atoms with E-state index < -0.39 is 0 Å². The first-order valence-corrected chi connectivity index (χ1v) is 5.68. The Morgan fingerprint density at radius 3 is 2.86 bits per heavy atom. The van der Waals surface area contributed by atoms with E-state index in [4.69, 9.17) is 5.73 Å². The zero-order valence-corrected chi connectivity index (χ0v) is 9.68. The molecule has 0 saturated heterocycles. The van der Waals surface area contributed by atoms with Gasteiger partial charge in [0.15, 0.2) is 5.82 Å². The maximum Gasteiger partial charge on any atom is 0.169 e. The van der Waals surface area contributed by atoms with Gasteiger partial charge in [-0.2, -0.15) is 0 Å². The molecule has 0 fully saturated rings. The molecule has 5 heteroatoms. The lowest BCUT2D eigenvalue weighted by atomic mass is 10.4. The highest BCUT2D eigenvalue weighted by Gasteiger charge is 2.04. The SMILES string of the molecule is NCc1ccnc(-c2ccc(Br)s2)n1. The van der Waals surface area contributed by atoms with Crippen LogP contribution >= 0.6 is 27.3 Å². The molecule has 2 heterocycles. The van der Waals surface area contributed by atoms with Crippen LogP contribution in [-0.2, 0) is 6.54 Å². The number of hydrogen-bond donors (Lipinski definition) is 1. The average molecular weight is 270 g/mol. The van der Waals surface area contributed by atoms with Crippen LogP contribution in [0.5, 0.6) is 0 Å². The molecule has 0 unspecified atom stereocenters. The van der Waals surface area contributed by atoms with Crippen molar-refractivity contribution in [2.24, 2.45) is 5.73 Å². The standard InChI is InChI=1S/C9H8BrN3S/c10-8-2-1-7(14-8)9-12-4-3-6(5-11)13-9/h1-4H,5,11H2. The second-order valence-corrected chi connectivity index (χ2v) is 5.14. The molecule has 0 saturated carbocycles. The molecule has 72 valence electrons. The minimum absolute atomic E-state index is 0.446. The van der Waals surface area contributed by atoms with Gasteiger partial charge in [0.1, 0.15) is 0 Å². The summed E-state index contributed by atoms with van der Waals surface area (Å²) in [6, 6.07) is 5.80. The quantitative estimate of drug-likeness (QED) is 0.911. The van der Waals surface area contributed by atoms with Gasteiger partial charge in [-0.15, -0.1) is 11.3 Å². The van der Waals surface area contributed by atoms with E-state index >= 15 is 0 Å². The Kier molecular flexibility index (Phi) is 2.90. The zero-order chi connectivity index (χ0) is 9.97. The third-order valence-corrected chi connectivity index (χ3v) is 3.34. The second kappa shape index (κ2) is 4.16. The number of aromatic nitrogens is 2. The van der Waals surface area contributed by atoms with E-state index in [9.17, 15) is 0 Å². The summed E-state index contributed by atoms with van der Waals surface area (Å²) in [5.41, 5.74) is 6.37. The van der Waals surface area contributed by atoms with E-state index in [2.05, 4.69) is 25.9 Å². The molecule has 2 rings (SSSR count). The minimum Gasteiger partial charge on any atom is -0.325 e. The Balaban J connectivity index is 2.41. The number of rotatable bonds is 2. The van der Waals surface area contributed by atoms with Gasteiger partial charge < -0.3 is 5.73 Å². The van der Waals surface area contributed by atoms with Crippen molar-refractivity contribution in [2.75, 3.05) is 0 Å². The fourth-order valence-corrected chi connectivity index (χ4v) is 2.39. The fraction of sp³-hybridized carbons (Fsp3) is 0.111. The number of hydrogen-bond acceptors (Lipinski definition) is 4. The summed E-state index contributed by atoms with van der Waals surface area (Å²) < 4.78 is 1.08. The molecular formula is C9H8BrN3S. The van der Waals surface area contributed by atoms with Crippen LogP contribution in [0.2, 0.25) is 0 Å². The maximum atomic E-state index is 5.51. The third kappa shape index (κ3) is 2.00. The number of halogens is 1. The lowest BCUT2D eigenvalue weighted by molar-refractivity contribution is 0.971. The number of thiophene rings is 1. The fourth-order valence-electron chi connectivity index (χ4n) is 1.06. The van der Waals surface area contributed by atoms with Crippen LogP contribution in [-0.4, -0.2) is 9.97 Å². The molecular weight excluding hydrogens is 262 g/mol. The molecule has 0 aromatic carbocycles. The molecule has 0 aliphatic rings. The molecule has 14 heavy (non-hydrogen) atoms. The minimum atomic E-state index is 0.446. The lowest BCUT2D eigenvalue weighted by Crippen LogP contribution is -2.00. The molecule has 3 nitrogen and oxygen atoms in total. The highest BCUT2D eigenvalue weighted by molar-refractivity contribution is 9.11. The highest BCUT2D eigenvalue weighted by atomic mass is 79.9. The van der Waals surface area contributed by atoms with E-state index in [1.54, 1.807) is 17.5 Å². The Labute approximate surface area is 94.1 Å². The van der Waals surface area contributed by atoms with Crippen LogP contribution in [0.25, 0.3) is 10.7 Å². The van der Waals surface area contributed by atoms with Crippen molar-refractivity contribution in [1.82, 2.24) is 9.97 Å². The zero-order valence-electron chi connectivity index (χ0n) is 7.27. The first kappa shape index (κ1) is 9.76. The monoisotopic (exact) mass is 269 g/mol. The molecule has 2 aromatic rings. The molecule has 0 bridgehead atoms. The molecule has 0 atom stereocenters. The Morgan fingerprint density at radius 1 is 1.36 bits per heavy atom. The molecule has 0 spiro atoms. The van der Waals surface area contributed by atoms with E-state index in [-0.39, 0.29) is 0 Å². The summed E-state index contributed by atoms with van der Waals surface area (Å²) in [4.78, 5) is 9.57. The smallest absolute Gasteiger partial charge is 0.169 e. The van der Waals surface area contributed by atoms with Crippen LogP contribution in [0.4, 0.5) is 0 Å². The van der Waals surface area contributed by atoms with Crippen LogP contribution < -0.4 is 5.73 Å². The molecule has 0 aliphatic carbocycles. The van der Waals surface area contributed by atoms with E-state index in [1.807, 2.05) is 18.2 Å². The Morgan fingerprint density at radius 2 is 2.21 bits per heavy atom. The lowest BCUT2D eigenvalue weighted by Gasteiger charge is -1.98. The van der Waals surface area contributed by atoms with Gasteiger partial charge in [-0.25, -0.2) is 9.97 Å². The van der Waals surface area contributed by atoms with Crippen LogP contribution in [0.15, 0.2) is 28.2 Å². The van der Waals surface area contributed by atoms with Crippen LogP contribution in [0.1, 0.15) is 5.69 Å². The Bertz CT molecular complexity index is 441. The normalized spacial score (nSPS) is 10.4. The molecule has 0 radical (unpaired) electrons. The summed E-state index contributed by atoms with van der Waals surface area (Å²) in [6.07, 6.45) is 1.73. The molecule has 0 aliphatic heterocycles. The predicted molar refractivity (Wildman–Crippen MR) is 60.9 cm³/mol. The third-order valence-electron chi connectivity index (χ3n) is 1.72. The first-order valence-electron chi connectivity index (χ1n) is 4.07. The van der Waals surface area contributed by atoms with Crippen molar-refractivity contribution in [2.45, 2.75) is 6.54 Å².